The Morgan fingerprint density at radius 1 is 1.18 bits per heavy atom. The van der Waals surface area contributed by atoms with Crippen molar-refractivity contribution in [2.24, 2.45) is 0 Å². The molecule has 0 aliphatic rings. The topological polar surface area (TPSA) is 124 Å². The fraction of sp³-hybridized carbons (Fsp3) is 0.227. The third-order valence-corrected chi connectivity index (χ3v) is 5.75. The van der Waals surface area contributed by atoms with E-state index in [4.69, 9.17) is 0 Å². The van der Waals surface area contributed by atoms with Crippen molar-refractivity contribution in [3.63, 3.8) is 0 Å². The van der Waals surface area contributed by atoms with Crippen LogP contribution in [0.25, 0.3) is 11.0 Å². The number of aryl methyl sites for hydroxylation is 1. The molecule has 3 aromatic heterocycles. The van der Waals surface area contributed by atoms with Crippen LogP contribution in [0.15, 0.2) is 48.0 Å². The predicted octanol–water partition coefficient (Wildman–Crippen LogP) is 3.60. The third kappa shape index (κ3) is 5.69. The zero-order chi connectivity index (χ0) is 23.2. The minimum atomic E-state index is -1.06. The number of aromatic nitrogens is 4. The first-order chi connectivity index (χ1) is 16.0. The van der Waals surface area contributed by atoms with Gasteiger partial charge in [-0.1, -0.05) is 12.1 Å². The van der Waals surface area contributed by atoms with Crippen LogP contribution in [-0.4, -0.2) is 48.5 Å². The van der Waals surface area contributed by atoms with Crippen LogP contribution >= 0.6 is 11.3 Å². The minimum Gasteiger partial charge on any atom is -0.465 e. The van der Waals surface area contributed by atoms with E-state index in [0.29, 0.717) is 24.4 Å². The second-order valence-electron chi connectivity index (χ2n) is 7.25. The van der Waals surface area contributed by atoms with Crippen LogP contribution in [0, 0.1) is 5.82 Å². The molecule has 33 heavy (non-hydrogen) atoms. The zero-order valence-corrected chi connectivity index (χ0v) is 18.3. The van der Waals surface area contributed by atoms with Crippen molar-refractivity contribution in [1.82, 2.24) is 30.2 Å². The second-order valence-corrected chi connectivity index (χ2v) is 8.19. The van der Waals surface area contributed by atoms with Crippen LogP contribution in [-0.2, 0) is 19.5 Å². The Morgan fingerprint density at radius 3 is 2.82 bits per heavy atom. The Labute approximate surface area is 192 Å². The van der Waals surface area contributed by atoms with Gasteiger partial charge in [0.1, 0.15) is 22.3 Å². The molecule has 0 spiro atoms. The van der Waals surface area contributed by atoms with Crippen LogP contribution in [0.2, 0.25) is 0 Å². The van der Waals surface area contributed by atoms with E-state index < -0.39 is 17.8 Å². The molecule has 0 saturated carbocycles. The molecule has 0 saturated heterocycles. The molecule has 3 N–H and O–H groups in total. The molecule has 9 nitrogen and oxygen atoms in total. The Bertz CT molecular complexity index is 1240. The summed E-state index contributed by atoms with van der Waals surface area (Å²) >= 11 is 1.20. The lowest BCUT2D eigenvalue weighted by Crippen LogP contribution is -2.30. The first kappa shape index (κ1) is 22.3. The van der Waals surface area contributed by atoms with Crippen LogP contribution < -0.4 is 5.32 Å². The van der Waals surface area contributed by atoms with Gasteiger partial charge in [-0.3, -0.25) is 9.78 Å². The highest BCUT2D eigenvalue weighted by atomic mass is 32.1. The number of carbonyl (C=O) groups excluding carboxylic acids is 1. The molecule has 0 fully saturated rings. The monoisotopic (exact) mass is 468 g/mol. The summed E-state index contributed by atoms with van der Waals surface area (Å²) in [6.07, 6.45) is 1.57. The predicted molar refractivity (Wildman–Crippen MR) is 120 cm³/mol. The number of halogens is 1. The molecule has 4 rings (SSSR count). The van der Waals surface area contributed by atoms with Gasteiger partial charge in [-0.2, -0.15) is 0 Å². The highest BCUT2D eigenvalue weighted by molar-refractivity contribution is 7.09. The quantitative estimate of drug-likeness (QED) is 0.345. The Hall–Kier alpha value is -3.86. The number of imidazole rings is 1. The van der Waals surface area contributed by atoms with Crippen molar-refractivity contribution in [2.75, 3.05) is 6.54 Å². The summed E-state index contributed by atoms with van der Waals surface area (Å²) in [5.41, 5.74) is 2.10. The molecule has 11 heteroatoms. The van der Waals surface area contributed by atoms with Gasteiger partial charge in [0, 0.05) is 24.5 Å². The fourth-order valence-corrected chi connectivity index (χ4v) is 4.05. The van der Waals surface area contributed by atoms with Crippen molar-refractivity contribution < 1.29 is 19.1 Å². The molecular formula is C22H21FN6O3S. The van der Waals surface area contributed by atoms with Gasteiger partial charge in [-0.25, -0.2) is 19.2 Å². The SMILES string of the molecule is O=C(NCc1ncccc1F)c1csc(CN(CCCc2nc3ccccc3[nH]2)C(=O)O)n1. The number of carboxylic acid groups (broad SMARTS) is 1. The number of nitrogens with zero attached hydrogens (tertiary/aromatic N) is 4. The van der Waals surface area contributed by atoms with Gasteiger partial charge in [0.2, 0.25) is 0 Å². The summed E-state index contributed by atoms with van der Waals surface area (Å²) in [5.74, 6) is -0.176. The maximum Gasteiger partial charge on any atom is 0.407 e. The molecule has 3 heterocycles. The van der Waals surface area contributed by atoms with Gasteiger partial charge in [-0.05, 0) is 30.7 Å². The van der Waals surface area contributed by atoms with Gasteiger partial charge < -0.3 is 20.3 Å². The number of benzene rings is 1. The van der Waals surface area contributed by atoms with Crippen LogP contribution in [0.3, 0.4) is 0 Å². The maximum absolute atomic E-state index is 13.6. The lowest BCUT2D eigenvalue weighted by Gasteiger charge is -2.17. The van der Waals surface area contributed by atoms with Crippen molar-refractivity contribution in [3.8, 4) is 0 Å². The first-order valence-electron chi connectivity index (χ1n) is 10.2. The maximum atomic E-state index is 13.6. The molecule has 0 atom stereocenters. The number of hydrogen-bond acceptors (Lipinski definition) is 6. The molecule has 1 aromatic carbocycles. The number of hydrogen-bond donors (Lipinski definition) is 3. The van der Waals surface area contributed by atoms with Gasteiger partial charge >= 0.3 is 6.09 Å². The van der Waals surface area contributed by atoms with Gasteiger partial charge in [0.15, 0.2) is 0 Å². The van der Waals surface area contributed by atoms with Gasteiger partial charge in [0.05, 0.1) is 29.8 Å². The smallest absolute Gasteiger partial charge is 0.407 e. The van der Waals surface area contributed by atoms with E-state index in [0.717, 1.165) is 16.9 Å². The molecular weight excluding hydrogens is 447 g/mol. The number of rotatable bonds is 9. The first-order valence-corrected chi connectivity index (χ1v) is 11.1. The highest BCUT2D eigenvalue weighted by Gasteiger charge is 2.17. The number of pyridine rings is 1. The summed E-state index contributed by atoms with van der Waals surface area (Å²) in [6.45, 7) is 0.302. The molecule has 0 radical (unpaired) electrons. The molecule has 0 bridgehead atoms. The Morgan fingerprint density at radius 2 is 2.03 bits per heavy atom. The molecule has 0 aliphatic heterocycles. The van der Waals surface area contributed by atoms with Crippen molar-refractivity contribution in [2.45, 2.75) is 25.9 Å². The molecule has 170 valence electrons. The second kappa shape index (κ2) is 10.2. The summed E-state index contributed by atoms with van der Waals surface area (Å²) in [5, 5.41) is 14.2. The van der Waals surface area contributed by atoms with Crippen LogP contribution in [0.5, 0.6) is 0 Å². The molecule has 4 aromatic rings. The number of para-hydroxylation sites is 2. The van der Waals surface area contributed by atoms with Crippen LogP contribution in [0.1, 0.15) is 33.4 Å². The number of fused-ring (bicyclic) bond motifs is 1. The Kier molecular flexibility index (Phi) is 6.89. The highest BCUT2D eigenvalue weighted by Crippen LogP contribution is 2.15. The van der Waals surface area contributed by atoms with Crippen molar-refractivity contribution in [1.29, 1.82) is 0 Å². The number of aromatic amines is 1. The average Bonchev–Trinajstić information content (AvgIpc) is 3.44. The number of thiazole rings is 1. The number of nitrogens with one attached hydrogen (secondary N) is 2. The van der Waals surface area contributed by atoms with E-state index in [1.54, 1.807) is 5.38 Å². The molecule has 0 aliphatic carbocycles. The third-order valence-electron chi connectivity index (χ3n) is 4.91. The summed E-state index contributed by atoms with van der Waals surface area (Å²) < 4.78 is 13.6. The molecule has 2 amide bonds. The summed E-state index contributed by atoms with van der Waals surface area (Å²) in [4.78, 5) is 41.1. The summed E-state index contributed by atoms with van der Waals surface area (Å²) in [7, 11) is 0. The fourth-order valence-electron chi connectivity index (χ4n) is 3.26. The Balaban J connectivity index is 1.30. The average molecular weight is 469 g/mol. The van der Waals surface area contributed by atoms with Gasteiger partial charge in [0.25, 0.3) is 5.91 Å². The minimum absolute atomic E-state index is 0.0680. The summed E-state index contributed by atoms with van der Waals surface area (Å²) in [6, 6.07) is 10.4. The molecule has 0 unspecified atom stereocenters. The number of carbonyl (C=O) groups is 2. The lowest BCUT2D eigenvalue weighted by atomic mass is 10.3. The lowest BCUT2D eigenvalue weighted by molar-refractivity contribution is 0.0945. The van der Waals surface area contributed by atoms with Crippen LogP contribution in [0.4, 0.5) is 9.18 Å². The van der Waals surface area contributed by atoms with E-state index in [1.165, 1.54) is 34.6 Å². The zero-order valence-electron chi connectivity index (χ0n) is 17.5. The van der Waals surface area contributed by atoms with E-state index in [2.05, 4.69) is 25.3 Å². The van der Waals surface area contributed by atoms with E-state index in [-0.39, 0.29) is 24.5 Å². The van der Waals surface area contributed by atoms with Crippen molar-refractivity contribution >= 4 is 34.4 Å². The largest absolute Gasteiger partial charge is 0.465 e. The van der Waals surface area contributed by atoms with Crippen molar-refractivity contribution in [3.05, 3.63) is 76.0 Å². The number of H-pyrrole nitrogens is 1. The standard InChI is InChI=1S/C22H21FN6O3S/c23-14-5-3-9-24-17(14)11-25-21(30)18-13-33-20(28-18)12-29(22(31)32)10-4-8-19-26-15-6-1-2-7-16(15)27-19/h1-3,5-7,9,13H,4,8,10-12H2,(H,25,30)(H,26,27)(H,31,32). The van der Waals surface area contributed by atoms with E-state index in [9.17, 15) is 19.1 Å². The van der Waals surface area contributed by atoms with Gasteiger partial charge in [-0.15, -0.1) is 11.3 Å². The van der Waals surface area contributed by atoms with E-state index in [1.807, 2.05) is 24.3 Å². The van der Waals surface area contributed by atoms with E-state index >= 15 is 0 Å². The normalized spacial score (nSPS) is 10.9. The number of amides is 2.